The third-order valence-corrected chi connectivity index (χ3v) is 4.04. The Morgan fingerprint density at radius 2 is 1.82 bits per heavy atom. The van der Waals surface area contributed by atoms with Gasteiger partial charge in [-0.3, -0.25) is 4.90 Å². The van der Waals surface area contributed by atoms with Crippen molar-refractivity contribution in [2.24, 2.45) is 0 Å². The summed E-state index contributed by atoms with van der Waals surface area (Å²) in [7, 11) is 1.42. The number of nitrogens with one attached hydrogen (secondary N) is 1. The predicted octanol–water partition coefficient (Wildman–Crippen LogP) is 3.53. The summed E-state index contributed by atoms with van der Waals surface area (Å²) in [5, 5.41) is 3.28. The van der Waals surface area contributed by atoms with Crippen molar-refractivity contribution in [3.63, 3.8) is 0 Å². The number of piperazine rings is 1. The maximum Gasteiger partial charge on any atom is 0.134 e. The average Bonchev–Trinajstić information content (AvgIpc) is 2.50. The smallest absolute Gasteiger partial charge is 0.134 e. The molecule has 1 N–H and O–H groups in total. The second-order valence-electron chi connectivity index (χ2n) is 5.45. The number of ether oxygens (including phenoxy) is 1. The summed E-state index contributed by atoms with van der Waals surface area (Å²) in [4.78, 5) is 2.18. The first-order valence-corrected chi connectivity index (χ1v) is 7.65. The van der Waals surface area contributed by atoms with E-state index in [0.717, 1.165) is 45.4 Å². The van der Waals surface area contributed by atoms with Gasteiger partial charge in [0.25, 0.3) is 0 Å². The van der Waals surface area contributed by atoms with Gasteiger partial charge in [-0.1, -0.05) is 19.8 Å². The number of nitrogens with zero attached hydrogens (tertiary/aromatic N) is 1. The fourth-order valence-electron chi connectivity index (χ4n) is 2.90. The van der Waals surface area contributed by atoms with Crippen molar-refractivity contribution in [1.29, 1.82) is 0 Å². The molecule has 3 nitrogen and oxygen atoms in total. The fourth-order valence-corrected chi connectivity index (χ4v) is 2.90. The molecule has 6 heteroatoms. The molecule has 1 aromatic rings. The summed E-state index contributed by atoms with van der Waals surface area (Å²) in [6, 6.07) is 2.36. The Bertz CT molecular complexity index is 444. The zero-order valence-corrected chi connectivity index (χ0v) is 14.0. The van der Waals surface area contributed by atoms with Crippen molar-refractivity contribution < 1.29 is 13.5 Å². The molecule has 0 spiro atoms. The highest BCUT2D eigenvalue weighted by molar-refractivity contribution is 5.85. The molecule has 0 aliphatic carbocycles. The Kier molecular flexibility index (Phi) is 8.07. The number of rotatable bonds is 6. The standard InChI is InChI=1S/C16H24F2N2O.ClH/c1-3-4-5-15(20-8-6-19-7-9-20)16-13(17)10-12(21-2)11-14(16)18;/h10-11,15,19H,3-9H2,1-2H3;1H/t15-;/m0./s1. The Labute approximate surface area is 137 Å². The number of hydrogen-bond acceptors (Lipinski definition) is 3. The van der Waals surface area contributed by atoms with E-state index in [-0.39, 0.29) is 29.8 Å². The van der Waals surface area contributed by atoms with Crippen molar-refractivity contribution >= 4 is 12.4 Å². The lowest BCUT2D eigenvalue weighted by Gasteiger charge is -2.35. The van der Waals surface area contributed by atoms with Crippen molar-refractivity contribution in [1.82, 2.24) is 10.2 Å². The van der Waals surface area contributed by atoms with E-state index in [1.54, 1.807) is 0 Å². The predicted molar refractivity (Wildman–Crippen MR) is 86.9 cm³/mol. The molecule has 126 valence electrons. The molecule has 0 saturated carbocycles. The first kappa shape index (κ1) is 19.1. The van der Waals surface area contributed by atoms with E-state index in [1.165, 1.54) is 19.2 Å². The van der Waals surface area contributed by atoms with Crippen LogP contribution in [0, 0.1) is 11.6 Å². The zero-order chi connectivity index (χ0) is 15.2. The molecular formula is C16H25ClF2N2O. The maximum atomic E-state index is 14.4. The summed E-state index contributed by atoms with van der Waals surface area (Å²) in [5.41, 5.74) is 0.186. The minimum absolute atomic E-state index is 0. The highest BCUT2D eigenvalue weighted by Gasteiger charge is 2.27. The van der Waals surface area contributed by atoms with Crippen LogP contribution < -0.4 is 10.1 Å². The summed E-state index contributed by atoms with van der Waals surface area (Å²) >= 11 is 0. The average molecular weight is 335 g/mol. The summed E-state index contributed by atoms with van der Waals surface area (Å²) in [6.45, 7) is 5.46. The van der Waals surface area contributed by atoms with Crippen LogP contribution in [0.2, 0.25) is 0 Å². The number of methoxy groups -OCH3 is 1. The third kappa shape index (κ3) is 4.54. The second-order valence-corrected chi connectivity index (χ2v) is 5.45. The number of unbranched alkanes of at least 4 members (excludes halogenated alkanes) is 1. The number of hydrogen-bond donors (Lipinski definition) is 1. The van der Waals surface area contributed by atoms with Crippen LogP contribution in [0.3, 0.4) is 0 Å². The Morgan fingerprint density at radius 3 is 2.32 bits per heavy atom. The first-order valence-electron chi connectivity index (χ1n) is 7.65. The van der Waals surface area contributed by atoms with Gasteiger partial charge in [0.1, 0.15) is 17.4 Å². The second kappa shape index (κ2) is 9.28. The normalized spacial score (nSPS) is 16.9. The van der Waals surface area contributed by atoms with E-state index in [0.29, 0.717) is 0 Å². The van der Waals surface area contributed by atoms with Gasteiger partial charge in [-0.25, -0.2) is 8.78 Å². The Balaban J connectivity index is 0.00000242. The van der Waals surface area contributed by atoms with Gasteiger partial charge in [0.05, 0.1) is 7.11 Å². The SMILES string of the molecule is CCCC[C@@H](c1c(F)cc(OC)cc1F)N1CCNCC1.Cl. The molecule has 0 bridgehead atoms. The van der Waals surface area contributed by atoms with Crippen LogP contribution in [-0.4, -0.2) is 38.2 Å². The van der Waals surface area contributed by atoms with Gasteiger partial charge in [-0.15, -0.1) is 12.4 Å². The molecule has 0 amide bonds. The van der Waals surface area contributed by atoms with E-state index < -0.39 is 11.6 Å². The topological polar surface area (TPSA) is 24.5 Å². The van der Waals surface area contributed by atoms with Gasteiger partial charge in [0.2, 0.25) is 0 Å². The van der Waals surface area contributed by atoms with Crippen LogP contribution in [0.4, 0.5) is 8.78 Å². The van der Waals surface area contributed by atoms with Gasteiger partial charge in [-0.05, 0) is 6.42 Å². The van der Waals surface area contributed by atoms with Crippen LogP contribution in [0.5, 0.6) is 5.75 Å². The van der Waals surface area contributed by atoms with Crippen LogP contribution in [0.25, 0.3) is 0 Å². The molecule has 22 heavy (non-hydrogen) atoms. The Morgan fingerprint density at radius 1 is 1.23 bits per heavy atom. The van der Waals surface area contributed by atoms with Crippen LogP contribution in [0.15, 0.2) is 12.1 Å². The van der Waals surface area contributed by atoms with Crippen LogP contribution in [-0.2, 0) is 0 Å². The minimum Gasteiger partial charge on any atom is -0.497 e. The highest BCUT2D eigenvalue weighted by atomic mass is 35.5. The van der Waals surface area contributed by atoms with E-state index in [1.807, 2.05) is 0 Å². The van der Waals surface area contributed by atoms with E-state index >= 15 is 0 Å². The largest absolute Gasteiger partial charge is 0.497 e. The lowest BCUT2D eigenvalue weighted by molar-refractivity contribution is 0.156. The van der Waals surface area contributed by atoms with Gasteiger partial charge in [0, 0.05) is 49.9 Å². The van der Waals surface area contributed by atoms with Crippen molar-refractivity contribution in [2.45, 2.75) is 32.2 Å². The van der Waals surface area contributed by atoms with Gasteiger partial charge >= 0.3 is 0 Å². The van der Waals surface area contributed by atoms with Crippen LogP contribution in [0.1, 0.15) is 37.8 Å². The van der Waals surface area contributed by atoms with Crippen LogP contribution >= 0.6 is 12.4 Å². The van der Waals surface area contributed by atoms with Crippen molar-refractivity contribution in [3.05, 3.63) is 29.3 Å². The molecule has 1 fully saturated rings. The molecule has 1 atom stereocenters. The quantitative estimate of drug-likeness (QED) is 0.861. The van der Waals surface area contributed by atoms with Gasteiger partial charge in [0.15, 0.2) is 0 Å². The van der Waals surface area contributed by atoms with E-state index in [2.05, 4.69) is 17.1 Å². The third-order valence-electron chi connectivity index (χ3n) is 4.04. The molecule has 2 rings (SSSR count). The van der Waals surface area contributed by atoms with Gasteiger partial charge in [-0.2, -0.15) is 0 Å². The van der Waals surface area contributed by atoms with Gasteiger partial charge < -0.3 is 10.1 Å². The molecular weight excluding hydrogens is 310 g/mol. The van der Waals surface area contributed by atoms with Crippen molar-refractivity contribution in [3.8, 4) is 5.75 Å². The molecule has 1 aliphatic heterocycles. The number of benzene rings is 1. The minimum atomic E-state index is -0.508. The molecule has 0 radical (unpaired) electrons. The molecule has 1 aromatic carbocycles. The lowest BCUT2D eigenvalue weighted by Crippen LogP contribution is -2.45. The summed E-state index contributed by atoms with van der Waals surface area (Å²) in [6.07, 6.45) is 2.75. The molecule has 0 aromatic heterocycles. The maximum absolute atomic E-state index is 14.4. The Hall–Kier alpha value is -0.910. The fraction of sp³-hybridized carbons (Fsp3) is 0.625. The molecule has 1 saturated heterocycles. The molecule has 1 aliphatic rings. The zero-order valence-electron chi connectivity index (χ0n) is 13.2. The lowest BCUT2D eigenvalue weighted by atomic mass is 9.97. The molecule has 1 heterocycles. The monoisotopic (exact) mass is 334 g/mol. The van der Waals surface area contributed by atoms with E-state index in [9.17, 15) is 8.78 Å². The number of halogens is 3. The summed E-state index contributed by atoms with van der Waals surface area (Å²) < 4.78 is 33.7. The first-order chi connectivity index (χ1) is 10.2. The molecule has 0 unspecified atom stereocenters. The van der Waals surface area contributed by atoms with E-state index in [4.69, 9.17) is 4.74 Å². The highest BCUT2D eigenvalue weighted by Crippen LogP contribution is 2.33. The van der Waals surface area contributed by atoms with Crippen molar-refractivity contribution in [2.75, 3.05) is 33.3 Å². The summed E-state index contributed by atoms with van der Waals surface area (Å²) in [5.74, 6) is -0.790.